The van der Waals surface area contributed by atoms with E-state index in [0.717, 1.165) is 0 Å². The van der Waals surface area contributed by atoms with Crippen molar-refractivity contribution in [2.75, 3.05) is 20.5 Å². The third-order valence-corrected chi connectivity index (χ3v) is 2.57. The first-order valence-electron chi connectivity index (χ1n) is 4.43. The standard InChI is InChI=1S/C10H13N3O2S/c1-14-7-4-6(9(11)10(12)16-3)13-5-8(7)15-2/h4-5,11-12H,1-3H3. The van der Waals surface area contributed by atoms with Crippen LogP contribution in [0.3, 0.4) is 0 Å². The molecule has 1 heterocycles. The maximum absolute atomic E-state index is 7.73. The quantitative estimate of drug-likeness (QED) is 0.620. The lowest BCUT2D eigenvalue weighted by Gasteiger charge is -2.09. The fourth-order valence-corrected chi connectivity index (χ4v) is 1.40. The average Bonchev–Trinajstić information content (AvgIpc) is 2.35. The molecule has 5 nitrogen and oxygen atoms in total. The number of methoxy groups -OCH3 is 2. The van der Waals surface area contributed by atoms with E-state index in [1.54, 1.807) is 12.3 Å². The van der Waals surface area contributed by atoms with Crippen molar-refractivity contribution in [1.82, 2.24) is 4.98 Å². The molecule has 0 unspecified atom stereocenters. The molecule has 0 amide bonds. The Labute approximate surface area is 98.2 Å². The second-order valence-corrected chi connectivity index (χ2v) is 3.65. The Kier molecular flexibility index (Phi) is 4.30. The van der Waals surface area contributed by atoms with Crippen molar-refractivity contribution in [3.05, 3.63) is 18.0 Å². The van der Waals surface area contributed by atoms with Gasteiger partial charge in [-0.05, 0) is 6.26 Å². The highest BCUT2D eigenvalue weighted by Gasteiger charge is 2.12. The van der Waals surface area contributed by atoms with Crippen LogP contribution >= 0.6 is 11.8 Å². The third-order valence-electron chi connectivity index (χ3n) is 1.96. The smallest absolute Gasteiger partial charge is 0.179 e. The van der Waals surface area contributed by atoms with E-state index in [0.29, 0.717) is 17.2 Å². The average molecular weight is 239 g/mol. The lowest BCUT2D eigenvalue weighted by atomic mass is 10.2. The highest BCUT2D eigenvalue weighted by Crippen LogP contribution is 2.26. The van der Waals surface area contributed by atoms with Crippen LogP contribution in [0, 0.1) is 10.8 Å². The first kappa shape index (κ1) is 12.5. The van der Waals surface area contributed by atoms with Crippen LogP contribution in [0.4, 0.5) is 0 Å². The van der Waals surface area contributed by atoms with Crippen molar-refractivity contribution in [2.45, 2.75) is 0 Å². The highest BCUT2D eigenvalue weighted by molar-refractivity contribution is 8.15. The van der Waals surface area contributed by atoms with Gasteiger partial charge in [0.25, 0.3) is 0 Å². The highest BCUT2D eigenvalue weighted by atomic mass is 32.2. The van der Waals surface area contributed by atoms with Crippen LogP contribution in [0.2, 0.25) is 0 Å². The minimum atomic E-state index is 0.0773. The van der Waals surface area contributed by atoms with Crippen molar-refractivity contribution in [1.29, 1.82) is 10.8 Å². The lowest BCUT2D eigenvalue weighted by molar-refractivity contribution is 0.353. The Balaban J connectivity index is 3.08. The van der Waals surface area contributed by atoms with Crippen LogP contribution in [0.25, 0.3) is 0 Å². The lowest BCUT2D eigenvalue weighted by Crippen LogP contribution is -2.11. The van der Waals surface area contributed by atoms with Crippen LogP contribution in [-0.4, -0.2) is 36.2 Å². The number of nitrogens with zero attached hydrogens (tertiary/aromatic N) is 1. The molecule has 2 N–H and O–H groups in total. The predicted octanol–water partition coefficient (Wildman–Crippen LogP) is 1.81. The Bertz CT molecular complexity index is 421. The second-order valence-electron chi connectivity index (χ2n) is 2.83. The number of pyridine rings is 1. The molecule has 0 radical (unpaired) electrons. The summed E-state index contributed by atoms with van der Waals surface area (Å²) in [4.78, 5) is 4.04. The molecular formula is C10H13N3O2S. The molecule has 1 aromatic heterocycles. The molecule has 1 aromatic rings. The number of thioether (sulfide) groups is 1. The molecule has 0 saturated heterocycles. The summed E-state index contributed by atoms with van der Waals surface area (Å²) in [5, 5.41) is 15.4. The summed E-state index contributed by atoms with van der Waals surface area (Å²) >= 11 is 1.20. The molecule has 16 heavy (non-hydrogen) atoms. The van der Waals surface area contributed by atoms with Crippen molar-refractivity contribution >= 4 is 22.5 Å². The molecule has 0 aromatic carbocycles. The Morgan fingerprint density at radius 1 is 1.25 bits per heavy atom. The van der Waals surface area contributed by atoms with Crippen LogP contribution in [0.5, 0.6) is 11.5 Å². The van der Waals surface area contributed by atoms with E-state index in [9.17, 15) is 0 Å². The fourth-order valence-electron chi connectivity index (χ4n) is 1.09. The van der Waals surface area contributed by atoms with Gasteiger partial charge < -0.3 is 9.47 Å². The maximum atomic E-state index is 7.73. The van der Waals surface area contributed by atoms with Crippen LogP contribution < -0.4 is 9.47 Å². The van der Waals surface area contributed by atoms with Crippen molar-refractivity contribution < 1.29 is 9.47 Å². The number of hydrogen-bond acceptors (Lipinski definition) is 6. The van der Waals surface area contributed by atoms with Gasteiger partial charge in [0.05, 0.1) is 26.1 Å². The molecule has 0 aliphatic rings. The molecule has 86 valence electrons. The largest absolute Gasteiger partial charge is 0.493 e. The fraction of sp³-hybridized carbons (Fsp3) is 0.300. The normalized spacial score (nSPS) is 9.69. The number of rotatable bonds is 4. The van der Waals surface area contributed by atoms with Gasteiger partial charge in [0.1, 0.15) is 10.8 Å². The Morgan fingerprint density at radius 2 is 1.88 bits per heavy atom. The zero-order valence-electron chi connectivity index (χ0n) is 9.33. The topological polar surface area (TPSA) is 79.0 Å². The molecule has 0 bridgehead atoms. The minimum Gasteiger partial charge on any atom is -0.493 e. The van der Waals surface area contributed by atoms with E-state index in [1.807, 2.05) is 0 Å². The van der Waals surface area contributed by atoms with E-state index in [2.05, 4.69) is 4.98 Å². The van der Waals surface area contributed by atoms with Crippen LogP contribution in [0.15, 0.2) is 12.3 Å². The van der Waals surface area contributed by atoms with Gasteiger partial charge in [0.2, 0.25) is 0 Å². The molecule has 0 aliphatic carbocycles. The summed E-state index contributed by atoms with van der Waals surface area (Å²) in [7, 11) is 3.04. The zero-order chi connectivity index (χ0) is 12.1. The number of aromatic nitrogens is 1. The summed E-state index contributed by atoms with van der Waals surface area (Å²) < 4.78 is 10.1. The van der Waals surface area contributed by atoms with Gasteiger partial charge in [-0.1, -0.05) is 0 Å². The van der Waals surface area contributed by atoms with Crippen molar-refractivity contribution in [3.63, 3.8) is 0 Å². The van der Waals surface area contributed by atoms with Gasteiger partial charge in [0.15, 0.2) is 11.5 Å². The number of ether oxygens (including phenoxy) is 2. The molecule has 0 spiro atoms. The zero-order valence-corrected chi connectivity index (χ0v) is 10.1. The first-order chi connectivity index (χ1) is 7.63. The predicted molar refractivity (Wildman–Crippen MR) is 65.4 cm³/mol. The summed E-state index contributed by atoms with van der Waals surface area (Å²) in [6, 6.07) is 1.59. The Morgan fingerprint density at radius 3 is 2.38 bits per heavy atom. The number of hydrogen-bond donors (Lipinski definition) is 2. The summed E-state index contributed by atoms with van der Waals surface area (Å²) in [5.41, 5.74) is 0.477. The van der Waals surface area contributed by atoms with Gasteiger partial charge in [-0.2, -0.15) is 0 Å². The molecule has 0 fully saturated rings. The van der Waals surface area contributed by atoms with E-state index in [4.69, 9.17) is 20.3 Å². The van der Waals surface area contributed by atoms with Gasteiger partial charge in [0, 0.05) is 6.07 Å². The van der Waals surface area contributed by atoms with E-state index in [1.165, 1.54) is 32.2 Å². The van der Waals surface area contributed by atoms with E-state index >= 15 is 0 Å². The molecule has 6 heteroatoms. The monoisotopic (exact) mass is 239 g/mol. The van der Waals surface area contributed by atoms with Crippen molar-refractivity contribution in [3.8, 4) is 11.5 Å². The molecule has 0 aliphatic heterocycles. The Hall–Kier alpha value is -1.56. The van der Waals surface area contributed by atoms with Crippen molar-refractivity contribution in [2.24, 2.45) is 0 Å². The first-order valence-corrected chi connectivity index (χ1v) is 5.66. The van der Waals surface area contributed by atoms with Gasteiger partial charge >= 0.3 is 0 Å². The van der Waals surface area contributed by atoms with Crippen LogP contribution in [0.1, 0.15) is 5.69 Å². The molecular weight excluding hydrogens is 226 g/mol. The second kappa shape index (κ2) is 5.50. The minimum absolute atomic E-state index is 0.0773. The van der Waals surface area contributed by atoms with Gasteiger partial charge in [-0.25, -0.2) is 0 Å². The summed E-state index contributed by atoms with van der Waals surface area (Å²) in [6.45, 7) is 0. The summed E-state index contributed by atoms with van der Waals surface area (Å²) in [6.07, 6.45) is 3.23. The molecule has 0 saturated carbocycles. The van der Waals surface area contributed by atoms with Gasteiger partial charge in [-0.15, -0.1) is 11.8 Å². The van der Waals surface area contributed by atoms with Crippen LogP contribution in [-0.2, 0) is 0 Å². The van der Waals surface area contributed by atoms with Gasteiger partial charge in [-0.3, -0.25) is 15.8 Å². The molecule has 0 atom stereocenters. The van der Waals surface area contributed by atoms with E-state index in [-0.39, 0.29) is 10.8 Å². The number of nitrogens with one attached hydrogen (secondary N) is 2. The SMILES string of the molecule is COc1cnc(C(=N)C(=N)SC)cc1OC. The van der Waals surface area contributed by atoms with E-state index < -0.39 is 0 Å². The maximum Gasteiger partial charge on any atom is 0.179 e. The molecule has 1 rings (SSSR count). The third kappa shape index (κ3) is 2.52. The summed E-state index contributed by atoms with van der Waals surface area (Å²) in [5.74, 6) is 1.01.